The summed E-state index contributed by atoms with van der Waals surface area (Å²) in [5.74, 6) is -2.83. The smallest absolute Gasteiger partial charge is 0.790 e. The number of rotatable bonds is 6. The second kappa shape index (κ2) is 7.60. The van der Waals surface area contributed by atoms with Gasteiger partial charge >= 0.3 is 30.9 Å². The second-order valence-electron chi connectivity index (χ2n) is 3.74. The van der Waals surface area contributed by atoms with Gasteiger partial charge in [-0.15, -0.1) is 0 Å². The third-order valence-electron chi connectivity index (χ3n) is 2.28. The van der Waals surface area contributed by atoms with Crippen molar-refractivity contribution in [3.05, 3.63) is 0 Å². The third-order valence-corrected chi connectivity index (χ3v) is 3.66. The molecule has 0 spiro atoms. The fourth-order valence-corrected chi connectivity index (χ4v) is 2.16. The molecule has 15 heteroatoms. The molecule has 21 heavy (non-hydrogen) atoms. The van der Waals surface area contributed by atoms with Crippen molar-refractivity contribution in [1.29, 1.82) is 0 Å². The Kier molecular flexibility index (Phi) is 7.90. The van der Waals surface area contributed by atoms with Gasteiger partial charge in [0.1, 0.15) is 18.8 Å². The molecule has 1 aliphatic heterocycles. The van der Waals surface area contributed by atoms with E-state index in [4.69, 9.17) is 4.89 Å². The SMILES string of the molecule is COP(=O)(O)O[C@H]1OC(O)(COP(=O)([O-])[O-])[C@@H](O)[C@@H]1O.[Mg+2]. The second-order valence-corrected chi connectivity index (χ2v) is 6.41. The van der Waals surface area contributed by atoms with Crippen LogP contribution >= 0.6 is 15.6 Å². The van der Waals surface area contributed by atoms with Crippen LogP contribution in [-0.2, 0) is 27.4 Å². The molecular weight excluding hydrogens is 350 g/mol. The number of phosphoric ester groups is 2. The summed E-state index contributed by atoms with van der Waals surface area (Å²) in [6, 6.07) is 0. The quantitative estimate of drug-likeness (QED) is 0.264. The number of aliphatic hydroxyl groups is 3. The molecule has 0 aromatic carbocycles. The molecule has 1 saturated heterocycles. The summed E-state index contributed by atoms with van der Waals surface area (Å²) in [5.41, 5.74) is 0. The molecule has 2 unspecified atom stereocenters. The fourth-order valence-electron chi connectivity index (χ4n) is 1.31. The van der Waals surface area contributed by atoms with Crippen molar-refractivity contribution in [3.8, 4) is 0 Å². The van der Waals surface area contributed by atoms with E-state index >= 15 is 0 Å². The average Bonchev–Trinajstić information content (AvgIpc) is 2.51. The molecule has 4 N–H and O–H groups in total. The molecule has 1 heterocycles. The van der Waals surface area contributed by atoms with Crippen LogP contribution in [0.2, 0.25) is 0 Å². The molecule has 0 aromatic heterocycles. The van der Waals surface area contributed by atoms with Gasteiger partial charge in [-0.2, -0.15) is 0 Å². The Morgan fingerprint density at radius 3 is 2.29 bits per heavy atom. The van der Waals surface area contributed by atoms with Crippen LogP contribution in [0.15, 0.2) is 0 Å². The normalized spacial score (nSPS) is 36.0. The minimum atomic E-state index is -5.48. The fraction of sp³-hybridized carbons (Fsp3) is 1.00. The zero-order chi connectivity index (χ0) is 15.8. The van der Waals surface area contributed by atoms with E-state index in [0.29, 0.717) is 0 Å². The van der Waals surface area contributed by atoms with Crippen molar-refractivity contribution in [2.45, 2.75) is 24.3 Å². The predicted octanol–water partition coefficient (Wildman–Crippen LogP) is -4.02. The first kappa shape index (κ1) is 21.8. The molecule has 0 radical (unpaired) electrons. The molecule has 0 saturated carbocycles. The Morgan fingerprint density at radius 1 is 1.33 bits per heavy atom. The molecule has 1 aliphatic rings. The number of hydrogen-bond acceptors (Lipinski definition) is 11. The summed E-state index contributed by atoms with van der Waals surface area (Å²) in [7, 11) is -9.29. The van der Waals surface area contributed by atoms with Crippen LogP contribution in [0.4, 0.5) is 0 Å². The summed E-state index contributed by atoms with van der Waals surface area (Å²) in [5, 5.41) is 28.6. The standard InChI is InChI=1S/C6H14O12P2.Mg/c1-15-20(13,14)18-5-3(7)4(8)6(9,17-5)2-16-19(10,11)12;/h3-5,7-9H,2H2,1H3,(H,13,14)(H2,10,11,12);/q;+2/p-2/t3-,4-,5+,6?;/m0./s1. The summed E-state index contributed by atoms with van der Waals surface area (Å²) in [6.07, 6.45) is -6.22. The van der Waals surface area contributed by atoms with Gasteiger partial charge in [0.15, 0.2) is 0 Å². The number of phosphoric acid groups is 2. The maximum atomic E-state index is 11.1. The molecule has 5 atom stereocenters. The van der Waals surface area contributed by atoms with Crippen LogP contribution in [0.25, 0.3) is 0 Å². The van der Waals surface area contributed by atoms with Gasteiger partial charge in [0.2, 0.25) is 12.1 Å². The van der Waals surface area contributed by atoms with E-state index in [9.17, 15) is 34.2 Å². The van der Waals surface area contributed by atoms with Crippen LogP contribution in [0.5, 0.6) is 0 Å². The van der Waals surface area contributed by atoms with E-state index in [2.05, 4.69) is 18.3 Å². The van der Waals surface area contributed by atoms with E-state index in [1.165, 1.54) is 0 Å². The van der Waals surface area contributed by atoms with Crippen molar-refractivity contribution in [2.24, 2.45) is 0 Å². The molecule has 120 valence electrons. The number of hydrogen-bond donors (Lipinski definition) is 4. The van der Waals surface area contributed by atoms with E-state index in [-0.39, 0.29) is 23.1 Å². The monoisotopic (exact) mass is 362 g/mol. The molecule has 1 rings (SSSR count). The molecular formula is C6H12MgO12P2. The van der Waals surface area contributed by atoms with Gasteiger partial charge in [-0.3, -0.25) is 9.05 Å². The molecule has 1 fully saturated rings. The average molecular weight is 362 g/mol. The molecule has 0 aromatic rings. The number of aliphatic hydroxyl groups excluding tert-OH is 2. The first-order valence-electron chi connectivity index (χ1n) is 4.90. The van der Waals surface area contributed by atoms with Crippen molar-refractivity contribution in [2.75, 3.05) is 13.7 Å². The Labute approximate surface area is 134 Å². The largest absolute Gasteiger partial charge is 2.00 e. The van der Waals surface area contributed by atoms with Crippen molar-refractivity contribution in [3.63, 3.8) is 0 Å². The van der Waals surface area contributed by atoms with Gasteiger partial charge in [0.25, 0.3) is 0 Å². The predicted molar refractivity (Wildman–Crippen MR) is 59.1 cm³/mol. The first-order valence-corrected chi connectivity index (χ1v) is 7.86. The van der Waals surface area contributed by atoms with Gasteiger partial charge in [-0.05, 0) is 0 Å². The summed E-state index contributed by atoms with van der Waals surface area (Å²) >= 11 is 0. The van der Waals surface area contributed by atoms with Crippen LogP contribution in [0.1, 0.15) is 0 Å². The number of ether oxygens (including phenoxy) is 1. The molecule has 0 aliphatic carbocycles. The van der Waals surface area contributed by atoms with E-state index in [1.807, 2.05) is 0 Å². The van der Waals surface area contributed by atoms with Gasteiger partial charge < -0.3 is 43.8 Å². The van der Waals surface area contributed by atoms with Crippen LogP contribution in [0.3, 0.4) is 0 Å². The van der Waals surface area contributed by atoms with Gasteiger partial charge in [0.05, 0.1) is 7.82 Å². The molecule has 12 nitrogen and oxygen atoms in total. The molecule has 0 amide bonds. The maximum absolute atomic E-state index is 11.1. The molecule has 0 bridgehead atoms. The maximum Gasteiger partial charge on any atom is 2.00 e. The van der Waals surface area contributed by atoms with Crippen molar-refractivity contribution < 1.29 is 57.4 Å². The third kappa shape index (κ3) is 6.09. The summed E-state index contributed by atoms with van der Waals surface area (Å²) in [4.78, 5) is 29.6. The Morgan fingerprint density at radius 2 is 1.86 bits per heavy atom. The van der Waals surface area contributed by atoms with Crippen LogP contribution in [-0.4, -0.2) is 81.3 Å². The van der Waals surface area contributed by atoms with E-state index in [0.717, 1.165) is 7.11 Å². The Hall–Kier alpha value is 0.826. The van der Waals surface area contributed by atoms with Crippen LogP contribution in [0, 0.1) is 0 Å². The van der Waals surface area contributed by atoms with Gasteiger partial charge in [-0.1, -0.05) is 0 Å². The van der Waals surface area contributed by atoms with Crippen LogP contribution < -0.4 is 9.79 Å². The van der Waals surface area contributed by atoms with Crippen molar-refractivity contribution in [1.82, 2.24) is 0 Å². The minimum Gasteiger partial charge on any atom is -0.790 e. The zero-order valence-corrected chi connectivity index (χ0v) is 13.8. The van der Waals surface area contributed by atoms with E-state index < -0.39 is 46.5 Å². The van der Waals surface area contributed by atoms with E-state index in [1.54, 1.807) is 0 Å². The minimum absolute atomic E-state index is 0. The topological polar surface area (TPSA) is 198 Å². The Balaban J connectivity index is 0.00000400. The Bertz CT molecular complexity index is 439. The van der Waals surface area contributed by atoms with Gasteiger partial charge in [-0.25, -0.2) is 4.57 Å². The summed E-state index contributed by atoms with van der Waals surface area (Å²) in [6.45, 7) is -1.35. The zero-order valence-electron chi connectivity index (χ0n) is 10.6. The summed E-state index contributed by atoms with van der Waals surface area (Å²) < 4.78 is 37.9. The first-order chi connectivity index (χ1) is 8.90. The van der Waals surface area contributed by atoms with Gasteiger partial charge in [0, 0.05) is 7.11 Å². The van der Waals surface area contributed by atoms with Crippen molar-refractivity contribution >= 4 is 38.7 Å².